The van der Waals surface area contributed by atoms with Crippen LogP contribution in [0, 0.1) is 0 Å². The summed E-state index contributed by atoms with van der Waals surface area (Å²) in [5.74, 6) is 0.863. The number of ether oxygens (including phenoxy) is 2. The summed E-state index contributed by atoms with van der Waals surface area (Å²) < 4.78 is 52.6. The Morgan fingerprint density at radius 2 is 1.84 bits per heavy atom. The van der Waals surface area contributed by atoms with Crippen molar-refractivity contribution in [2.75, 3.05) is 18.7 Å². The van der Waals surface area contributed by atoms with Crippen LogP contribution in [-0.2, 0) is 19.0 Å². The molecular weight excluding hydrogens is 423 g/mol. The molecule has 1 aliphatic carbocycles. The topological polar surface area (TPSA) is 56.6 Å². The van der Waals surface area contributed by atoms with Crippen LogP contribution in [0.3, 0.4) is 0 Å². The number of aromatic nitrogens is 2. The number of nitrogens with zero attached hydrogens (tertiary/aromatic N) is 3. The molecule has 0 atom stereocenters. The van der Waals surface area contributed by atoms with E-state index in [4.69, 9.17) is 9.47 Å². The maximum atomic E-state index is 13.5. The molecule has 6 nitrogen and oxygen atoms in total. The first-order valence-electron chi connectivity index (χ1n) is 10.3. The van der Waals surface area contributed by atoms with Gasteiger partial charge in [-0.1, -0.05) is 6.07 Å². The maximum absolute atomic E-state index is 13.5. The Balaban J connectivity index is 1.49. The van der Waals surface area contributed by atoms with Crippen LogP contribution in [0.15, 0.2) is 42.5 Å². The fourth-order valence-electron chi connectivity index (χ4n) is 4.22. The zero-order valence-electron chi connectivity index (χ0n) is 17.3. The normalized spacial score (nSPS) is 14.9. The molecule has 9 heteroatoms. The second-order valence-corrected chi connectivity index (χ2v) is 7.84. The van der Waals surface area contributed by atoms with E-state index in [1.54, 1.807) is 49.5 Å². The zero-order chi connectivity index (χ0) is 22.5. The summed E-state index contributed by atoms with van der Waals surface area (Å²) in [5, 5.41) is 3.91. The number of carbonyl (C=O) groups is 1. The smallest absolute Gasteiger partial charge is 0.435 e. The third kappa shape index (κ3) is 3.47. The van der Waals surface area contributed by atoms with Crippen LogP contribution in [0.2, 0.25) is 0 Å². The second kappa shape index (κ2) is 7.58. The highest BCUT2D eigenvalue weighted by molar-refractivity contribution is 6.06. The Bertz CT molecular complexity index is 1200. The Kier molecular flexibility index (Phi) is 4.83. The van der Waals surface area contributed by atoms with Crippen LogP contribution in [0.5, 0.6) is 11.5 Å². The number of rotatable bonds is 3. The monoisotopic (exact) mass is 443 g/mol. The van der Waals surface area contributed by atoms with E-state index in [-0.39, 0.29) is 18.3 Å². The van der Waals surface area contributed by atoms with Crippen molar-refractivity contribution in [3.63, 3.8) is 0 Å². The van der Waals surface area contributed by atoms with E-state index < -0.39 is 11.9 Å². The van der Waals surface area contributed by atoms with Crippen molar-refractivity contribution in [1.29, 1.82) is 0 Å². The van der Waals surface area contributed by atoms with Gasteiger partial charge in [-0.25, -0.2) is 4.68 Å². The molecule has 0 unspecified atom stereocenters. The van der Waals surface area contributed by atoms with E-state index in [2.05, 4.69) is 5.10 Å². The fraction of sp³-hybridized carbons (Fsp3) is 0.304. The summed E-state index contributed by atoms with van der Waals surface area (Å²) in [4.78, 5) is 14.6. The number of carbonyl (C=O) groups excluding carboxylic acids is 1. The first-order valence-corrected chi connectivity index (χ1v) is 10.3. The highest BCUT2D eigenvalue weighted by Gasteiger charge is 2.39. The first-order chi connectivity index (χ1) is 15.3. The number of benzene rings is 2. The Morgan fingerprint density at radius 1 is 1.06 bits per heavy atom. The largest absolute Gasteiger partial charge is 0.454 e. The lowest BCUT2D eigenvalue weighted by molar-refractivity contribution is -0.142. The number of amides is 1. The van der Waals surface area contributed by atoms with Crippen LogP contribution in [-0.4, -0.2) is 29.5 Å². The van der Waals surface area contributed by atoms with Crippen LogP contribution in [0.25, 0.3) is 5.69 Å². The van der Waals surface area contributed by atoms with Crippen molar-refractivity contribution in [3.8, 4) is 17.2 Å². The predicted octanol–water partition coefficient (Wildman–Crippen LogP) is 4.78. The number of alkyl halides is 3. The molecule has 0 N–H and O–H groups in total. The van der Waals surface area contributed by atoms with Gasteiger partial charge in [0.1, 0.15) is 0 Å². The number of halogens is 3. The predicted molar refractivity (Wildman–Crippen MR) is 111 cm³/mol. The van der Waals surface area contributed by atoms with Crippen molar-refractivity contribution in [1.82, 2.24) is 9.78 Å². The van der Waals surface area contributed by atoms with Gasteiger partial charge >= 0.3 is 6.18 Å². The van der Waals surface area contributed by atoms with E-state index in [1.165, 1.54) is 9.58 Å². The molecule has 5 rings (SSSR count). The van der Waals surface area contributed by atoms with E-state index in [0.717, 1.165) is 6.42 Å². The number of hydrogen-bond donors (Lipinski definition) is 0. The summed E-state index contributed by atoms with van der Waals surface area (Å²) in [6, 6.07) is 11.7. The standard InChI is InChI=1S/C23H20F3N3O3/c1-28(15-9-10-19-20(12-15)32-13-31-19)22(30)14-5-4-6-16(11-14)29-18-8-3-2-7-17(18)21(27-29)23(24,25)26/h4-6,9-12H,2-3,7-8,13H2,1H3. The Morgan fingerprint density at radius 3 is 2.66 bits per heavy atom. The second-order valence-electron chi connectivity index (χ2n) is 7.84. The molecule has 0 bridgehead atoms. The van der Waals surface area contributed by atoms with E-state index >= 15 is 0 Å². The molecule has 2 aromatic carbocycles. The summed E-state index contributed by atoms with van der Waals surface area (Å²) in [7, 11) is 1.63. The summed E-state index contributed by atoms with van der Waals surface area (Å²) in [6.07, 6.45) is -2.12. The van der Waals surface area contributed by atoms with Crippen molar-refractivity contribution >= 4 is 11.6 Å². The van der Waals surface area contributed by atoms with Gasteiger partial charge in [0.15, 0.2) is 17.2 Å². The third-order valence-electron chi connectivity index (χ3n) is 5.83. The van der Waals surface area contributed by atoms with E-state index in [9.17, 15) is 18.0 Å². The molecule has 166 valence electrons. The first kappa shape index (κ1) is 20.4. The van der Waals surface area contributed by atoms with Gasteiger partial charge < -0.3 is 14.4 Å². The zero-order valence-corrected chi connectivity index (χ0v) is 17.3. The average Bonchev–Trinajstić information content (AvgIpc) is 3.42. The lowest BCUT2D eigenvalue weighted by Gasteiger charge is -2.19. The van der Waals surface area contributed by atoms with Gasteiger partial charge in [0.2, 0.25) is 6.79 Å². The lowest BCUT2D eigenvalue weighted by atomic mass is 9.95. The molecule has 0 saturated carbocycles. The van der Waals surface area contributed by atoms with Gasteiger partial charge in [0, 0.05) is 35.6 Å². The molecule has 3 aromatic rings. The summed E-state index contributed by atoms with van der Waals surface area (Å²) in [5.41, 5.74) is 1.39. The van der Waals surface area contributed by atoms with Gasteiger partial charge in [-0.2, -0.15) is 18.3 Å². The van der Waals surface area contributed by atoms with Crippen molar-refractivity contribution in [2.24, 2.45) is 0 Å². The number of hydrogen-bond acceptors (Lipinski definition) is 4. The SMILES string of the molecule is CN(C(=O)c1cccc(-n2nc(C(F)(F)F)c3c2CCCC3)c1)c1ccc2c(c1)OCO2. The van der Waals surface area contributed by atoms with Crippen molar-refractivity contribution in [3.05, 3.63) is 65.0 Å². The highest BCUT2D eigenvalue weighted by atomic mass is 19.4. The molecule has 0 spiro atoms. The van der Waals surface area contributed by atoms with Gasteiger partial charge in [-0.05, 0) is 56.0 Å². The van der Waals surface area contributed by atoms with E-state index in [0.29, 0.717) is 53.4 Å². The summed E-state index contributed by atoms with van der Waals surface area (Å²) in [6.45, 7) is 0.132. The minimum absolute atomic E-state index is 0.132. The van der Waals surface area contributed by atoms with Gasteiger partial charge in [-0.3, -0.25) is 4.79 Å². The van der Waals surface area contributed by atoms with E-state index in [1.807, 2.05) is 0 Å². The average molecular weight is 443 g/mol. The molecule has 0 radical (unpaired) electrons. The fourth-order valence-corrected chi connectivity index (χ4v) is 4.22. The Hall–Kier alpha value is -3.49. The molecule has 32 heavy (non-hydrogen) atoms. The molecule has 1 amide bonds. The van der Waals surface area contributed by atoms with Crippen LogP contribution < -0.4 is 14.4 Å². The van der Waals surface area contributed by atoms with Crippen molar-refractivity contribution in [2.45, 2.75) is 31.9 Å². The van der Waals surface area contributed by atoms with Crippen LogP contribution in [0.4, 0.5) is 18.9 Å². The molecule has 1 aliphatic heterocycles. The molecule has 2 aliphatic rings. The molecule has 2 heterocycles. The molecule has 1 aromatic heterocycles. The van der Waals surface area contributed by atoms with Gasteiger partial charge in [-0.15, -0.1) is 0 Å². The van der Waals surface area contributed by atoms with Crippen molar-refractivity contribution < 1.29 is 27.4 Å². The van der Waals surface area contributed by atoms with Gasteiger partial charge in [0.05, 0.1) is 5.69 Å². The minimum Gasteiger partial charge on any atom is -0.454 e. The minimum atomic E-state index is -4.51. The third-order valence-corrected chi connectivity index (χ3v) is 5.83. The number of anilines is 1. The molecule has 0 fully saturated rings. The Labute approximate surface area is 182 Å². The molecular formula is C23H20F3N3O3. The summed E-state index contributed by atoms with van der Waals surface area (Å²) >= 11 is 0. The molecule has 0 saturated heterocycles. The maximum Gasteiger partial charge on any atom is 0.435 e. The lowest BCUT2D eigenvalue weighted by Crippen LogP contribution is -2.26. The highest BCUT2D eigenvalue weighted by Crippen LogP contribution is 2.37. The van der Waals surface area contributed by atoms with Crippen LogP contribution in [0.1, 0.15) is 40.2 Å². The van der Waals surface area contributed by atoms with Crippen LogP contribution >= 0.6 is 0 Å². The van der Waals surface area contributed by atoms with Gasteiger partial charge in [0.25, 0.3) is 5.91 Å². The number of fused-ring (bicyclic) bond motifs is 2. The quantitative estimate of drug-likeness (QED) is 0.585.